The summed E-state index contributed by atoms with van der Waals surface area (Å²) in [4.78, 5) is 3.16. The Kier molecular flexibility index (Phi) is 4.96. The van der Waals surface area contributed by atoms with E-state index in [1.165, 1.54) is 12.8 Å². The van der Waals surface area contributed by atoms with E-state index in [1.807, 2.05) is 48.5 Å². The summed E-state index contributed by atoms with van der Waals surface area (Å²) in [5, 5.41) is 0.736. The molecule has 2 aromatic rings. The Balaban J connectivity index is 1.73. The van der Waals surface area contributed by atoms with Crippen LogP contribution in [0, 0.1) is 0 Å². The first-order valence-corrected chi connectivity index (χ1v) is 8.28. The molecule has 0 N–H and O–H groups in total. The van der Waals surface area contributed by atoms with Gasteiger partial charge < -0.3 is 9.64 Å². The Morgan fingerprint density at radius 1 is 1.05 bits per heavy atom. The van der Waals surface area contributed by atoms with Crippen LogP contribution in [0.25, 0.3) is 0 Å². The van der Waals surface area contributed by atoms with Crippen LogP contribution in [0.15, 0.2) is 48.5 Å². The summed E-state index contributed by atoms with van der Waals surface area (Å²) in [6, 6.07) is 15.7. The van der Waals surface area contributed by atoms with Crippen LogP contribution in [0.4, 0.5) is 0 Å². The summed E-state index contributed by atoms with van der Waals surface area (Å²) in [6.45, 7) is 2.60. The highest BCUT2D eigenvalue weighted by Gasteiger charge is 2.18. The van der Waals surface area contributed by atoms with Gasteiger partial charge in [0.1, 0.15) is 17.3 Å². The fourth-order valence-corrected chi connectivity index (χ4v) is 3.08. The average Bonchev–Trinajstić information content (AvgIpc) is 3.08. The molecule has 0 aromatic heterocycles. The molecule has 0 bridgehead atoms. The van der Waals surface area contributed by atoms with Crippen molar-refractivity contribution in [1.82, 2.24) is 4.90 Å². The van der Waals surface area contributed by atoms with Gasteiger partial charge in [0, 0.05) is 18.1 Å². The van der Waals surface area contributed by atoms with Gasteiger partial charge in [-0.15, -0.1) is 0 Å². The summed E-state index contributed by atoms with van der Waals surface area (Å²) in [6.07, 6.45) is 2.43. The standard InChI is InChI=1S/C18H18ClNOS/c19-15-9-7-14(8-10-15)13-21-17-6-2-1-5-16(17)18(22)20-11-3-4-12-20/h1-2,5-10H,3-4,11-13H2. The maximum absolute atomic E-state index is 5.99. The van der Waals surface area contributed by atoms with Crippen LogP contribution in [-0.2, 0) is 6.61 Å². The van der Waals surface area contributed by atoms with Crippen molar-refractivity contribution in [3.63, 3.8) is 0 Å². The number of rotatable bonds is 4. The first-order chi connectivity index (χ1) is 10.7. The zero-order chi connectivity index (χ0) is 15.4. The van der Waals surface area contributed by atoms with Crippen molar-refractivity contribution < 1.29 is 4.74 Å². The minimum Gasteiger partial charge on any atom is -0.488 e. The number of halogens is 1. The number of benzene rings is 2. The third-order valence-corrected chi connectivity index (χ3v) is 4.55. The lowest BCUT2D eigenvalue weighted by molar-refractivity contribution is 0.305. The summed E-state index contributed by atoms with van der Waals surface area (Å²) >= 11 is 11.5. The minimum atomic E-state index is 0.511. The Labute approximate surface area is 141 Å². The Morgan fingerprint density at radius 3 is 2.45 bits per heavy atom. The van der Waals surface area contributed by atoms with Gasteiger partial charge in [-0.05, 0) is 42.7 Å². The highest BCUT2D eigenvalue weighted by molar-refractivity contribution is 7.80. The molecule has 4 heteroatoms. The largest absolute Gasteiger partial charge is 0.488 e. The summed E-state index contributed by atoms with van der Waals surface area (Å²) in [5.74, 6) is 0.842. The van der Waals surface area contributed by atoms with Crippen LogP contribution in [0.1, 0.15) is 24.0 Å². The first-order valence-electron chi connectivity index (χ1n) is 7.49. The van der Waals surface area contributed by atoms with E-state index in [4.69, 9.17) is 28.6 Å². The second-order valence-electron chi connectivity index (χ2n) is 5.41. The third-order valence-electron chi connectivity index (χ3n) is 3.82. The predicted molar refractivity (Wildman–Crippen MR) is 94.7 cm³/mol. The van der Waals surface area contributed by atoms with E-state index >= 15 is 0 Å². The van der Waals surface area contributed by atoms with Crippen molar-refractivity contribution in [3.8, 4) is 5.75 Å². The molecule has 2 nitrogen and oxygen atoms in total. The first kappa shape index (κ1) is 15.3. The van der Waals surface area contributed by atoms with Gasteiger partial charge in [0.15, 0.2) is 0 Å². The van der Waals surface area contributed by atoms with Crippen LogP contribution in [0.3, 0.4) is 0 Å². The van der Waals surface area contributed by atoms with Gasteiger partial charge >= 0.3 is 0 Å². The van der Waals surface area contributed by atoms with E-state index in [1.54, 1.807) is 0 Å². The van der Waals surface area contributed by atoms with Crippen molar-refractivity contribution in [1.29, 1.82) is 0 Å². The average molecular weight is 332 g/mol. The molecule has 0 amide bonds. The number of likely N-dealkylation sites (tertiary alicyclic amines) is 1. The summed E-state index contributed by atoms with van der Waals surface area (Å²) in [7, 11) is 0. The van der Waals surface area contributed by atoms with E-state index in [-0.39, 0.29) is 0 Å². The van der Waals surface area contributed by atoms with Gasteiger partial charge in [-0.25, -0.2) is 0 Å². The fourth-order valence-electron chi connectivity index (χ4n) is 2.60. The van der Waals surface area contributed by atoms with E-state index in [9.17, 15) is 0 Å². The van der Waals surface area contributed by atoms with Crippen molar-refractivity contribution in [2.45, 2.75) is 19.4 Å². The molecule has 22 heavy (non-hydrogen) atoms. The van der Waals surface area contributed by atoms with Gasteiger partial charge in [-0.3, -0.25) is 0 Å². The van der Waals surface area contributed by atoms with Gasteiger partial charge in [0.05, 0.1) is 5.56 Å². The van der Waals surface area contributed by atoms with E-state index in [0.29, 0.717) is 6.61 Å². The second-order valence-corrected chi connectivity index (χ2v) is 6.23. The van der Waals surface area contributed by atoms with Crippen LogP contribution < -0.4 is 4.74 Å². The molecular formula is C18H18ClNOS. The molecule has 1 aliphatic heterocycles. The maximum atomic E-state index is 5.99. The molecule has 0 saturated carbocycles. The van der Waals surface area contributed by atoms with Gasteiger partial charge in [-0.1, -0.05) is 48.1 Å². The number of hydrogen-bond donors (Lipinski definition) is 0. The van der Waals surface area contributed by atoms with Crippen molar-refractivity contribution >= 4 is 28.8 Å². The maximum Gasteiger partial charge on any atom is 0.130 e. The Morgan fingerprint density at radius 2 is 1.73 bits per heavy atom. The molecule has 0 aliphatic carbocycles. The number of thiocarbonyl (C=S) groups is 1. The second kappa shape index (κ2) is 7.12. The van der Waals surface area contributed by atoms with Crippen LogP contribution in [-0.4, -0.2) is 23.0 Å². The molecule has 3 rings (SSSR count). The van der Waals surface area contributed by atoms with E-state index in [2.05, 4.69) is 4.90 Å². The van der Waals surface area contributed by atoms with E-state index in [0.717, 1.165) is 40.0 Å². The normalized spacial score (nSPS) is 14.1. The number of hydrogen-bond acceptors (Lipinski definition) is 2. The van der Waals surface area contributed by atoms with Crippen LogP contribution >= 0.6 is 23.8 Å². The molecule has 2 aromatic carbocycles. The van der Waals surface area contributed by atoms with E-state index < -0.39 is 0 Å². The lowest BCUT2D eigenvalue weighted by atomic mass is 10.2. The smallest absolute Gasteiger partial charge is 0.130 e. The van der Waals surface area contributed by atoms with Crippen molar-refractivity contribution in [3.05, 3.63) is 64.7 Å². The Hall–Kier alpha value is -1.58. The molecular weight excluding hydrogens is 314 g/mol. The lowest BCUT2D eigenvalue weighted by Gasteiger charge is -2.20. The quantitative estimate of drug-likeness (QED) is 0.754. The molecule has 1 heterocycles. The molecule has 1 aliphatic rings. The number of nitrogens with zero attached hydrogens (tertiary/aromatic N) is 1. The summed E-state index contributed by atoms with van der Waals surface area (Å²) in [5.41, 5.74) is 2.10. The topological polar surface area (TPSA) is 12.5 Å². The molecule has 114 valence electrons. The van der Waals surface area contributed by atoms with Crippen LogP contribution in [0.5, 0.6) is 5.75 Å². The summed E-state index contributed by atoms with van der Waals surface area (Å²) < 4.78 is 5.99. The zero-order valence-corrected chi connectivity index (χ0v) is 13.9. The van der Waals surface area contributed by atoms with Gasteiger partial charge in [-0.2, -0.15) is 0 Å². The highest BCUT2D eigenvalue weighted by Crippen LogP contribution is 2.24. The number of para-hydroxylation sites is 1. The van der Waals surface area contributed by atoms with Crippen molar-refractivity contribution in [2.75, 3.05) is 13.1 Å². The monoisotopic (exact) mass is 331 g/mol. The molecule has 1 saturated heterocycles. The van der Waals surface area contributed by atoms with Crippen molar-refractivity contribution in [2.24, 2.45) is 0 Å². The molecule has 0 spiro atoms. The van der Waals surface area contributed by atoms with Gasteiger partial charge in [0.2, 0.25) is 0 Å². The molecule has 0 unspecified atom stereocenters. The molecule has 1 fully saturated rings. The van der Waals surface area contributed by atoms with Crippen LogP contribution in [0.2, 0.25) is 5.02 Å². The lowest BCUT2D eigenvalue weighted by Crippen LogP contribution is -2.27. The SMILES string of the molecule is S=C(c1ccccc1OCc1ccc(Cl)cc1)N1CCCC1. The molecule has 0 atom stereocenters. The molecule has 0 radical (unpaired) electrons. The zero-order valence-electron chi connectivity index (χ0n) is 12.3. The Bertz CT molecular complexity index is 650. The fraction of sp³-hybridized carbons (Fsp3) is 0.278. The highest BCUT2D eigenvalue weighted by atomic mass is 35.5. The third kappa shape index (κ3) is 3.60. The van der Waals surface area contributed by atoms with Gasteiger partial charge in [0.25, 0.3) is 0 Å². The minimum absolute atomic E-state index is 0.511. The number of ether oxygens (including phenoxy) is 1. The predicted octanol–water partition coefficient (Wildman–Crippen LogP) is 4.69.